The predicted molar refractivity (Wildman–Crippen MR) is 212 cm³/mol. The van der Waals surface area contributed by atoms with Crippen molar-refractivity contribution in [3.8, 4) is 11.1 Å². The minimum absolute atomic E-state index is 0.0400. The van der Waals surface area contributed by atoms with Crippen molar-refractivity contribution in [3.05, 3.63) is 168 Å². The van der Waals surface area contributed by atoms with Crippen LogP contribution >= 0.6 is 0 Å². The van der Waals surface area contributed by atoms with Crippen molar-refractivity contribution in [1.29, 1.82) is 0 Å². The van der Waals surface area contributed by atoms with Gasteiger partial charge in [0.05, 0.1) is 39.3 Å². The molecule has 4 heteroatoms. The van der Waals surface area contributed by atoms with Crippen LogP contribution in [0.2, 0.25) is 0 Å². The number of rotatable bonds is 1. The molecule has 0 bridgehead atoms. The third kappa shape index (κ3) is 3.33. The Labute approximate surface area is 294 Å². The molecule has 4 nitrogen and oxygen atoms in total. The van der Waals surface area contributed by atoms with Crippen molar-refractivity contribution in [2.45, 2.75) is 25.3 Å². The van der Waals surface area contributed by atoms with Gasteiger partial charge in [-0.25, -0.2) is 4.99 Å². The summed E-state index contributed by atoms with van der Waals surface area (Å²) in [5, 5.41) is 11.7. The second-order valence-electron chi connectivity index (χ2n) is 14.8. The number of fused-ring (bicyclic) bond motifs is 10. The molecule has 2 aliphatic rings. The van der Waals surface area contributed by atoms with Gasteiger partial charge < -0.3 is 9.72 Å². The lowest BCUT2D eigenvalue weighted by Gasteiger charge is -2.28. The first kappa shape index (κ1) is 27.4. The van der Waals surface area contributed by atoms with Crippen LogP contribution < -0.4 is 5.32 Å². The highest BCUT2D eigenvalue weighted by Gasteiger charge is 2.39. The van der Waals surface area contributed by atoms with Crippen LogP contribution in [0.15, 0.2) is 151 Å². The lowest BCUT2D eigenvalue weighted by atomic mass is 9.82. The highest BCUT2D eigenvalue weighted by molar-refractivity contribution is 6.35. The summed E-state index contributed by atoms with van der Waals surface area (Å²) in [6, 6.07) is 53.4. The molecule has 51 heavy (non-hydrogen) atoms. The third-order valence-corrected chi connectivity index (χ3v) is 11.9. The lowest BCUT2D eigenvalue weighted by Crippen LogP contribution is -2.36. The number of aromatic nitrogens is 2. The molecule has 1 atom stereocenters. The zero-order chi connectivity index (χ0) is 33.6. The van der Waals surface area contributed by atoms with Gasteiger partial charge in [-0.1, -0.05) is 129 Å². The van der Waals surface area contributed by atoms with Gasteiger partial charge in [-0.2, -0.15) is 0 Å². The van der Waals surface area contributed by atoms with E-state index in [9.17, 15) is 0 Å². The number of hydrogen-bond acceptors (Lipinski definition) is 2. The summed E-state index contributed by atoms with van der Waals surface area (Å²) >= 11 is 0. The van der Waals surface area contributed by atoms with Crippen LogP contribution in [0.25, 0.3) is 71.0 Å². The number of benzene rings is 7. The van der Waals surface area contributed by atoms with E-state index in [-0.39, 0.29) is 11.5 Å². The minimum atomic E-state index is -0.186. The molecular weight excluding hydrogens is 621 g/mol. The van der Waals surface area contributed by atoms with Gasteiger partial charge in [0.1, 0.15) is 0 Å². The fourth-order valence-electron chi connectivity index (χ4n) is 9.73. The topological polar surface area (TPSA) is 33.7 Å². The molecule has 1 N–H and O–H groups in total. The maximum absolute atomic E-state index is 5.42. The summed E-state index contributed by atoms with van der Waals surface area (Å²) < 4.78 is 4.95. The van der Waals surface area contributed by atoms with Crippen LogP contribution in [0.4, 0.5) is 5.69 Å². The van der Waals surface area contributed by atoms with Gasteiger partial charge in [0.25, 0.3) is 0 Å². The molecule has 1 aliphatic heterocycles. The van der Waals surface area contributed by atoms with Crippen molar-refractivity contribution >= 4 is 71.5 Å². The molecule has 0 amide bonds. The summed E-state index contributed by atoms with van der Waals surface area (Å²) in [6.45, 7) is 4.78. The average molecular weight is 653 g/mol. The van der Waals surface area contributed by atoms with E-state index in [1.54, 1.807) is 0 Å². The summed E-state index contributed by atoms with van der Waals surface area (Å²) in [5.41, 5.74) is 14.7. The molecule has 7 aromatic carbocycles. The van der Waals surface area contributed by atoms with Gasteiger partial charge in [0, 0.05) is 43.3 Å². The highest BCUT2D eigenvalue weighted by Crippen LogP contribution is 2.55. The van der Waals surface area contributed by atoms with Crippen LogP contribution in [0.5, 0.6) is 0 Å². The Morgan fingerprint density at radius 1 is 0.569 bits per heavy atom. The van der Waals surface area contributed by atoms with E-state index < -0.39 is 0 Å². The van der Waals surface area contributed by atoms with Crippen molar-refractivity contribution in [2.75, 3.05) is 0 Å². The molecule has 0 fully saturated rings. The quantitative estimate of drug-likeness (QED) is 0.188. The first-order valence-electron chi connectivity index (χ1n) is 17.9. The number of para-hydroxylation sites is 3. The van der Waals surface area contributed by atoms with E-state index in [2.05, 4.69) is 174 Å². The first-order chi connectivity index (χ1) is 25.1. The Hall–Kier alpha value is -6.39. The van der Waals surface area contributed by atoms with Gasteiger partial charge in [-0.15, -0.1) is 0 Å². The normalized spacial score (nSPS) is 16.3. The summed E-state index contributed by atoms with van der Waals surface area (Å²) in [7, 11) is 0. The Morgan fingerprint density at radius 3 is 2.20 bits per heavy atom. The Balaban J connectivity index is 1.33. The molecule has 1 unspecified atom stereocenters. The summed E-state index contributed by atoms with van der Waals surface area (Å²) in [5.74, 6) is 0.843. The van der Waals surface area contributed by atoms with E-state index >= 15 is 0 Å². The van der Waals surface area contributed by atoms with E-state index in [1.165, 1.54) is 87.8 Å². The summed E-state index contributed by atoms with van der Waals surface area (Å²) in [6.07, 6.45) is 0. The molecule has 0 radical (unpaired) electrons. The zero-order valence-corrected chi connectivity index (χ0v) is 28.3. The molecule has 0 spiro atoms. The maximum atomic E-state index is 5.42. The smallest absolute Gasteiger partial charge is 0.209 e. The lowest BCUT2D eigenvalue weighted by molar-refractivity contribution is 0.661. The summed E-state index contributed by atoms with van der Waals surface area (Å²) in [4.78, 5) is 5.42. The fraction of sp³-hybridized carbons (Fsp3) is 0.0851. The van der Waals surface area contributed by atoms with Gasteiger partial charge in [0.2, 0.25) is 5.96 Å². The zero-order valence-electron chi connectivity index (χ0n) is 28.3. The van der Waals surface area contributed by atoms with Gasteiger partial charge in [-0.3, -0.25) is 4.57 Å². The van der Waals surface area contributed by atoms with E-state index in [0.717, 1.165) is 17.2 Å². The molecule has 12 rings (SSSR count). The highest BCUT2D eigenvalue weighted by atomic mass is 15.2. The Bertz CT molecular complexity index is 3140. The second-order valence-corrected chi connectivity index (χ2v) is 14.8. The predicted octanol–water partition coefficient (Wildman–Crippen LogP) is 11.5. The first-order valence-corrected chi connectivity index (χ1v) is 17.9. The van der Waals surface area contributed by atoms with Crippen molar-refractivity contribution in [1.82, 2.24) is 14.3 Å². The molecule has 4 heterocycles. The SMILES string of the molecule is CC1(C)c2ccccc2-c2c1cc1c3c2c2cccc4c5ccccc5n(c5cccc(c35)n1C1=Nc3ccccc3C(c3ccccc3)N1)c42. The molecule has 1 aliphatic carbocycles. The van der Waals surface area contributed by atoms with E-state index in [4.69, 9.17) is 4.99 Å². The molecule has 10 aromatic rings. The van der Waals surface area contributed by atoms with E-state index in [1.807, 2.05) is 0 Å². The largest absolute Gasteiger partial charge is 0.344 e. The Kier molecular flexibility index (Phi) is 5.08. The van der Waals surface area contributed by atoms with E-state index in [0.29, 0.717) is 0 Å². The van der Waals surface area contributed by atoms with Gasteiger partial charge in [0.15, 0.2) is 0 Å². The van der Waals surface area contributed by atoms with Gasteiger partial charge in [-0.05, 0) is 58.1 Å². The van der Waals surface area contributed by atoms with Crippen LogP contribution in [0.3, 0.4) is 0 Å². The molecular formula is C47H32N4. The number of aliphatic imine (C=N–C) groups is 1. The van der Waals surface area contributed by atoms with Crippen LogP contribution in [0.1, 0.15) is 42.1 Å². The van der Waals surface area contributed by atoms with Crippen LogP contribution in [0, 0.1) is 0 Å². The fourth-order valence-corrected chi connectivity index (χ4v) is 9.73. The third-order valence-electron chi connectivity index (χ3n) is 11.9. The second kappa shape index (κ2) is 9.43. The molecule has 3 aromatic heterocycles. The van der Waals surface area contributed by atoms with Gasteiger partial charge >= 0.3 is 0 Å². The molecule has 0 saturated heterocycles. The van der Waals surface area contributed by atoms with Crippen molar-refractivity contribution in [2.24, 2.45) is 4.99 Å². The Morgan fingerprint density at radius 2 is 1.27 bits per heavy atom. The van der Waals surface area contributed by atoms with Crippen molar-refractivity contribution in [3.63, 3.8) is 0 Å². The standard InChI is InChI=1S/C47H32N4/c1-47(2)33-21-9-6-17-30(33)40-34(47)26-39-43-41(40)32-20-12-19-29-28-16-8-11-23-36(28)50(45(29)32)37-24-13-25-38(42(37)43)51(39)46-48-35-22-10-7-18-31(35)44(49-46)27-14-4-3-5-15-27/h3-26,44H,1-2H3,(H,48,49). The van der Waals surface area contributed by atoms with Crippen LogP contribution in [-0.4, -0.2) is 14.9 Å². The maximum Gasteiger partial charge on any atom is 0.209 e. The minimum Gasteiger partial charge on any atom is -0.344 e. The molecule has 0 saturated carbocycles. The number of nitrogens with one attached hydrogen (secondary N) is 1. The van der Waals surface area contributed by atoms with Crippen LogP contribution in [-0.2, 0) is 5.41 Å². The molecule has 240 valence electrons. The number of hydrogen-bond donors (Lipinski definition) is 1. The monoisotopic (exact) mass is 652 g/mol. The average Bonchev–Trinajstić information content (AvgIpc) is 3.74. The van der Waals surface area contributed by atoms with Crippen molar-refractivity contribution < 1.29 is 0 Å². The number of nitrogens with zero attached hydrogens (tertiary/aromatic N) is 3.